The van der Waals surface area contributed by atoms with Crippen molar-refractivity contribution >= 4 is 21.6 Å². The molecular weight excluding hydrogens is 408 g/mol. The van der Waals surface area contributed by atoms with Crippen molar-refractivity contribution in [3.05, 3.63) is 101 Å². The van der Waals surface area contributed by atoms with Crippen LogP contribution in [0.2, 0.25) is 0 Å². The highest BCUT2D eigenvalue weighted by molar-refractivity contribution is 7.92. The first-order valence-electron chi connectivity index (χ1n) is 10.1. The quantitative estimate of drug-likeness (QED) is 0.581. The van der Waals surface area contributed by atoms with Gasteiger partial charge in [-0.05, 0) is 67.3 Å². The lowest BCUT2D eigenvalue weighted by atomic mass is 10.0. The molecule has 6 heteroatoms. The lowest BCUT2D eigenvalue weighted by molar-refractivity contribution is 0.0940. The molecule has 1 N–H and O–H groups in total. The predicted octanol–water partition coefficient (Wildman–Crippen LogP) is 4.76. The van der Waals surface area contributed by atoms with Crippen LogP contribution in [-0.2, 0) is 16.6 Å². The van der Waals surface area contributed by atoms with E-state index in [1.54, 1.807) is 24.3 Å². The standard InChI is InChI=1S/C25H28N2O3S/c1-18-10-11-23(16-19(18)2)20(3)26-25(28)22-12-14-24(15-13-22)27(31(4,29)30)17-21-8-6-5-7-9-21/h5-16,20H,17H2,1-4H3,(H,26,28). The summed E-state index contributed by atoms with van der Waals surface area (Å²) in [6, 6.07) is 22.1. The molecule has 1 atom stereocenters. The van der Waals surface area contributed by atoms with E-state index in [1.807, 2.05) is 43.3 Å². The molecule has 0 bridgehead atoms. The van der Waals surface area contributed by atoms with Gasteiger partial charge in [-0.3, -0.25) is 9.10 Å². The number of hydrogen-bond acceptors (Lipinski definition) is 3. The number of carbonyl (C=O) groups excluding carboxylic acids is 1. The molecule has 3 aromatic carbocycles. The molecule has 0 radical (unpaired) electrons. The van der Waals surface area contributed by atoms with Gasteiger partial charge in [0.1, 0.15) is 0 Å². The van der Waals surface area contributed by atoms with Crippen LogP contribution in [0.4, 0.5) is 5.69 Å². The van der Waals surface area contributed by atoms with E-state index in [0.717, 1.165) is 11.1 Å². The number of sulfonamides is 1. The molecule has 0 aliphatic heterocycles. The summed E-state index contributed by atoms with van der Waals surface area (Å²) in [5, 5.41) is 3.01. The Bertz CT molecular complexity index is 1160. The Kier molecular flexibility index (Phi) is 6.81. The summed E-state index contributed by atoms with van der Waals surface area (Å²) < 4.78 is 26.0. The molecule has 1 unspecified atom stereocenters. The third-order valence-corrected chi connectivity index (χ3v) is 6.51. The first kappa shape index (κ1) is 22.6. The van der Waals surface area contributed by atoms with Gasteiger partial charge in [0.2, 0.25) is 10.0 Å². The van der Waals surface area contributed by atoms with Gasteiger partial charge in [0.15, 0.2) is 0 Å². The monoisotopic (exact) mass is 436 g/mol. The lowest BCUT2D eigenvalue weighted by Crippen LogP contribution is -2.29. The average molecular weight is 437 g/mol. The largest absolute Gasteiger partial charge is 0.346 e. The minimum atomic E-state index is -3.48. The van der Waals surface area contributed by atoms with Crippen LogP contribution in [0.1, 0.15) is 45.6 Å². The van der Waals surface area contributed by atoms with Crippen LogP contribution in [-0.4, -0.2) is 20.6 Å². The number of nitrogens with one attached hydrogen (secondary N) is 1. The number of carbonyl (C=O) groups is 1. The number of aryl methyl sites for hydroxylation is 2. The Labute approximate surface area is 184 Å². The fraction of sp³-hybridized carbons (Fsp3) is 0.240. The number of amides is 1. The van der Waals surface area contributed by atoms with Crippen LogP contribution in [0, 0.1) is 13.8 Å². The maximum atomic E-state index is 12.7. The zero-order valence-corrected chi connectivity index (χ0v) is 19.1. The van der Waals surface area contributed by atoms with Gasteiger partial charge in [-0.2, -0.15) is 0 Å². The van der Waals surface area contributed by atoms with Crippen LogP contribution >= 0.6 is 0 Å². The van der Waals surface area contributed by atoms with E-state index in [4.69, 9.17) is 0 Å². The van der Waals surface area contributed by atoms with E-state index in [9.17, 15) is 13.2 Å². The van der Waals surface area contributed by atoms with E-state index in [2.05, 4.69) is 31.3 Å². The highest BCUT2D eigenvalue weighted by atomic mass is 32.2. The van der Waals surface area contributed by atoms with Crippen LogP contribution in [0.15, 0.2) is 72.8 Å². The van der Waals surface area contributed by atoms with Gasteiger partial charge in [0, 0.05) is 5.56 Å². The number of anilines is 1. The van der Waals surface area contributed by atoms with Crippen molar-refractivity contribution < 1.29 is 13.2 Å². The summed E-state index contributed by atoms with van der Waals surface area (Å²) >= 11 is 0. The normalized spacial score (nSPS) is 12.3. The second kappa shape index (κ2) is 9.35. The molecule has 3 aromatic rings. The number of benzene rings is 3. The Morgan fingerprint density at radius 2 is 1.58 bits per heavy atom. The summed E-state index contributed by atoms with van der Waals surface area (Å²) in [6.45, 7) is 6.28. The van der Waals surface area contributed by atoms with Gasteiger partial charge >= 0.3 is 0 Å². The molecule has 0 aromatic heterocycles. The Hall–Kier alpha value is -3.12. The van der Waals surface area contributed by atoms with Crippen LogP contribution in [0.25, 0.3) is 0 Å². The summed E-state index contributed by atoms with van der Waals surface area (Å²) in [5.74, 6) is -0.203. The van der Waals surface area contributed by atoms with Crippen LogP contribution in [0.5, 0.6) is 0 Å². The van der Waals surface area contributed by atoms with Crippen molar-refractivity contribution in [1.29, 1.82) is 0 Å². The fourth-order valence-electron chi connectivity index (χ4n) is 3.33. The summed E-state index contributed by atoms with van der Waals surface area (Å²) in [7, 11) is -3.48. The number of hydrogen-bond donors (Lipinski definition) is 1. The van der Waals surface area contributed by atoms with E-state index in [-0.39, 0.29) is 18.5 Å². The fourth-order valence-corrected chi connectivity index (χ4v) is 4.21. The third kappa shape index (κ3) is 5.73. The highest BCUT2D eigenvalue weighted by Crippen LogP contribution is 2.22. The van der Waals surface area contributed by atoms with Gasteiger partial charge in [-0.15, -0.1) is 0 Å². The smallest absolute Gasteiger partial charge is 0.251 e. The average Bonchev–Trinajstić information content (AvgIpc) is 2.74. The van der Waals surface area contributed by atoms with Gasteiger partial charge in [0.25, 0.3) is 5.91 Å². The molecule has 0 aliphatic rings. The van der Waals surface area contributed by atoms with Crippen molar-refractivity contribution in [2.45, 2.75) is 33.4 Å². The van der Waals surface area contributed by atoms with Gasteiger partial charge in [-0.1, -0.05) is 48.5 Å². The Morgan fingerprint density at radius 1 is 0.935 bits per heavy atom. The molecule has 0 saturated heterocycles. The van der Waals surface area contributed by atoms with E-state index >= 15 is 0 Å². The summed E-state index contributed by atoms with van der Waals surface area (Å²) in [6.07, 6.45) is 1.18. The third-order valence-electron chi connectivity index (χ3n) is 5.37. The molecular formula is C25H28N2O3S. The summed E-state index contributed by atoms with van der Waals surface area (Å²) in [4.78, 5) is 12.7. The van der Waals surface area contributed by atoms with Crippen molar-refractivity contribution in [3.63, 3.8) is 0 Å². The molecule has 0 heterocycles. The SMILES string of the molecule is Cc1ccc(C(C)NC(=O)c2ccc(N(Cc3ccccc3)S(C)(=O)=O)cc2)cc1C. The molecule has 0 spiro atoms. The maximum Gasteiger partial charge on any atom is 0.251 e. The molecule has 1 amide bonds. The van der Waals surface area contributed by atoms with Crippen LogP contribution < -0.4 is 9.62 Å². The predicted molar refractivity (Wildman–Crippen MR) is 126 cm³/mol. The molecule has 0 aliphatic carbocycles. The molecule has 0 fully saturated rings. The Morgan fingerprint density at radius 3 is 2.16 bits per heavy atom. The zero-order valence-electron chi connectivity index (χ0n) is 18.3. The minimum absolute atomic E-state index is 0.142. The molecule has 5 nitrogen and oxygen atoms in total. The maximum absolute atomic E-state index is 12.7. The van der Waals surface area contributed by atoms with Crippen molar-refractivity contribution in [2.24, 2.45) is 0 Å². The van der Waals surface area contributed by atoms with E-state index < -0.39 is 10.0 Å². The molecule has 162 valence electrons. The first-order chi connectivity index (χ1) is 14.6. The number of rotatable bonds is 7. The molecule has 3 rings (SSSR count). The number of nitrogens with zero attached hydrogens (tertiary/aromatic N) is 1. The van der Waals surface area contributed by atoms with Crippen molar-refractivity contribution in [1.82, 2.24) is 5.32 Å². The van der Waals surface area contributed by atoms with E-state index in [0.29, 0.717) is 11.3 Å². The lowest BCUT2D eigenvalue weighted by Gasteiger charge is -2.23. The molecule has 31 heavy (non-hydrogen) atoms. The topological polar surface area (TPSA) is 66.5 Å². The van der Waals surface area contributed by atoms with Gasteiger partial charge in [0.05, 0.1) is 24.5 Å². The zero-order chi connectivity index (χ0) is 22.6. The van der Waals surface area contributed by atoms with Crippen molar-refractivity contribution in [3.8, 4) is 0 Å². The Balaban J connectivity index is 1.75. The second-order valence-electron chi connectivity index (χ2n) is 7.84. The molecule has 0 saturated carbocycles. The van der Waals surface area contributed by atoms with Crippen LogP contribution in [0.3, 0.4) is 0 Å². The second-order valence-corrected chi connectivity index (χ2v) is 9.75. The van der Waals surface area contributed by atoms with Crippen molar-refractivity contribution in [2.75, 3.05) is 10.6 Å². The highest BCUT2D eigenvalue weighted by Gasteiger charge is 2.19. The van der Waals surface area contributed by atoms with E-state index in [1.165, 1.54) is 21.7 Å². The summed E-state index contributed by atoms with van der Waals surface area (Å²) in [5.41, 5.74) is 5.32. The van der Waals surface area contributed by atoms with Gasteiger partial charge in [-0.25, -0.2) is 8.42 Å². The first-order valence-corrected chi connectivity index (χ1v) is 12.0. The van der Waals surface area contributed by atoms with Gasteiger partial charge < -0.3 is 5.32 Å². The minimum Gasteiger partial charge on any atom is -0.346 e.